The third kappa shape index (κ3) is 17.6. The quantitative estimate of drug-likeness (QED) is 0.115. The van der Waals surface area contributed by atoms with Crippen molar-refractivity contribution >= 4 is 113 Å². The Bertz CT molecular complexity index is 4410. The summed E-state index contributed by atoms with van der Waals surface area (Å²) in [6, 6.07) is 85.0. The van der Waals surface area contributed by atoms with Crippen LogP contribution in [0.5, 0.6) is 0 Å². The molecule has 0 spiro atoms. The second-order valence-corrected chi connectivity index (χ2v) is 30.2. The van der Waals surface area contributed by atoms with Crippen molar-refractivity contribution in [3.05, 3.63) is 363 Å². The molecule has 0 saturated heterocycles. The van der Waals surface area contributed by atoms with Crippen LogP contribution >= 0.6 is 14.5 Å². The molecule has 18 rings (SSSR count). The van der Waals surface area contributed by atoms with Gasteiger partial charge in [0, 0.05) is 121 Å². The molecule has 0 radical (unpaired) electrons. The molecule has 0 aliphatic heterocycles. The Morgan fingerprint density at radius 3 is 0.412 bits per heavy atom. The second-order valence-electron chi connectivity index (χ2n) is 23.6. The molecular formula is C86H78Fe2N12P2. The summed E-state index contributed by atoms with van der Waals surface area (Å²) in [5.41, 5.74) is 20.7. The van der Waals surface area contributed by atoms with Gasteiger partial charge in [-0.05, 0) is 180 Å². The predicted octanol–water partition coefficient (Wildman–Crippen LogP) is 16.2. The van der Waals surface area contributed by atoms with Gasteiger partial charge in [-0.25, -0.2) is 0 Å². The van der Waals surface area contributed by atoms with Gasteiger partial charge >= 0.3 is 34.1 Å². The fraction of sp³-hybridized carbons (Fsp3) is 0.0930. The molecule has 0 aliphatic carbocycles. The number of benzene rings is 6. The smallest absolute Gasteiger partial charge is 0.626 e. The van der Waals surface area contributed by atoms with Gasteiger partial charge in [-0.15, -0.1) is 33.1 Å². The van der Waals surface area contributed by atoms with Crippen molar-refractivity contribution < 1.29 is 34.1 Å². The van der Waals surface area contributed by atoms with Crippen molar-refractivity contribution in [2.45, 2.75) is 41.5 Å². The number of aromatic nitrogens is 12. The Labute approximate surface area is 619 Å². The van der Waals surface area contributed by atoms with Crippen LogP contribution in [0, 0.1) is 41.5 Å². The van der Waals surface area contributed by atoms with Gasteiger partial charge in [0.25, 0.3) is 0 Å². The van der Waals surface area contributed by atoms with Gasteiger partial charge < -0.3 is 29.9 Å². The van der Waals surface area contributed by atoms with Gasteiger partial charge in [0.2, 0.25) is 0 Å². The summed E-state index contributed by atoms with van der Waals surface area (Å²) in [6.45, 7) is 18.0. The van der Waals surface area contributed by atoms with Crippen LogP contribution < -0.4 is 62.5 Å². The summed E-state index contributed by atoms with van der Waals surface area (Å²) < 4.78 is 0. The zero-order valence-electron chi connectivity index (χ0n) is 58.1. The average molecular weight is 1450 g/mol. The van der Waals surface area contributed by atoms with Crippen molar-refractivity contribution in [2.24, 2.45) is 0 Å². The minimum atomic E-state index is -2.19. The Kier molecular flexibility index (Phi) is 27.5. The topological polar surface area (TPSA) is 162 Å². The van der Waals surface area contributed by atoms with Crippen molar-refractivity contribution in [2.75, 3.05) is 13.3 Å². The number of aryl methyl sites for hydroxylation is 6. The van der Waals surface area contributed by atoms with E-state index in [9.17, 15) is 0 Å². The molecule has 12 aromatic heterocycles. The van der Waals surface area contributed by atoms with E-state index in [4.69, 9.17) is 29.9 Å². The van der Waals surface area contributed by atoms with E-state index < -0.39 is 14.5 Å². The average Bonchev–Trinajstić information content (AvgIpc) is 1.56. The van der Waals surface area contributed by atoms with Crippen LogP contribution in [-0.2, 0) is 34.1 Å². The molecule has 0 amide bonds. The van der Waals surface area contributed by atoms with Gasteiger partial charge in [0.15, 0.2) is 0 Å². The number of hydrogen-bond acceptors (Lipinski definition) is 6. The monoisotopic (exact) mass is 1450 g/mol. The number of fused-ring (bicyclic) bond motifs is 6. The van der Waals surface area contributed by atoms with E-state index in [2.05, 4.69) is 230 Å². The largest absolute Gasteiger partial charge is 2.00 e. The van der Waals surface area contributed by atoms with E-state index in [1.54, 1.807) is 74.4 Å². The van der Waals surface area contributed by atoms with Gasteiger partial charge in [-0.3, -0.25) is 29.9 Å². The van der Waals surface area contributed by atoms with Crippen LogP contribution in [0.3, 0.4) is 0 Å². The molecule has 0 saturated carbocycles. The summed E-state index contributed by atoms with van der Waals surface area (Å²) in [4.78, 5) is 54.1. The molecule has 0 fully saturated rings. The van der Waals surface area contributed by atoms with Gasteiger partial charge in [0.1, 0.15) is 0 Å². The van der Waals surface area contributed by atoms with Crippen LogP contribution in [0.25, 0.3) is 65.4 Å². The Balaban J connectivity index is 0.000000158. The molecule has 102 heavy (non-hydrogen) atoms. The maximum atomic E-state index is 5.23. The minimum Gasteiger partial charge on any atom is -0.626 e. The molecule has 12 heterocycles. The maximum Gasteiger partial charge on any atom is 2.00 e. The fourth-order valence-electron chi connectivity index (χ4n) is 12.3. The van der Waals surface area contributed by atoms with E-state index in [1.165, 1.54) is 65.7 Å². The van der Waals surface area contributed by atoms with Gasteiger partial charge in [-0.2, -0.15) is 0 Å². The van der Waals surface area contributed by atoms with E-state index in [-0.39, 0.29) is 34.1 Å². The third-order valence-corrected chi connectivity index (χ3v) is 24.9. The molecule has 0 aliphatic rings. The van der Waals surface area contributed by atoms with E-state index in [0.717, 1.165) is 65.7 Å². The van der Waals surface area contributed by atoms with Crippen molar-refractivity contribution in [3.8, 4) is 0 Å². The standard InChI is InChI=1S/2C28H24N3P.6C5H5N.2Fe/c2*1-17-20-11-5-8-14-23(20)29-26(17)32(4,27-18(2)21-12-6-9-15-24(21)30-27)28-19(3)22-13-7-10-16-25(22)31-28;6*1-2-4-6-5-3-1;;/h2*5-16H,1-4H3;6*1-5H;;/q2*-2;;;;;;;2*+2. The first-order valence-corrected chi connectivity index (χ1v) is 37.5. The maximum absolute atomic E-state index is 5.23. The molecule has 16 heteroatoms. The molecular weight excluding hydrogens is 1370 g/mol. The number of para-hydroxylation sites is 6. The van der Waals surface area contributed by atoms with Crippen LogP contribution in [-0.4, -0.2) is 43.2 Å². The third-order valence-electron chi connectivity index (χ3n) is 17.2. The van der Waals surface area contributed by atoms with Crippen LogP contribution in [0.1, 0.15) is 33.4 Å². The first-order chi connectivity index (χ1) is 49.0. The normalized spacial score (nSPS) is 10.6. The summed E-state index contributed by atoms with van der Waals surface area (Å²) in [7, 11) is -4.38. The fourth-order valence-corrected chi connectivity index (χ4v) is 20.1. The number of pyridine rings is 6. The summed E-state index contributed by atoms with van der Waals surface area (Å²) >= 11 is 0. The zero-order chi connectivity index (χ0) is 69.5. The second kappa shape index (κ2) is 37.2. The molecule has 0 unspecified atom stereocenters. The van der Waals surface area contributed by atoms with E-state index in [1.807, 2.05) is 109 Å². The van der Waals surface area contributed by atoms with Crippen molar-refractivity contribution in [1.82, 2.24) is 59.8 Å². The molecule has 0 atom stereocenters. The van der Waals surface area contributed by atoms with Gasteiger partial charge in [0.05, 0.1) is 13.3 Å². The van der Waals surface area contributed by atoms with E-state index in [0.29, 0.717) is 0 Å². The first-order valence-electron chi connectivity index (χ1n) is 33.0. The molecule has 508 valence electrons. The minimum absolute atomic E-state index is 0. The van der Waals surface area contributed by atoms with Crippen molar-refractivity contribution in [3.63, 3.8) is 0 Å². The number of rotatable bonds is 6. The summed E-state index contributed by atoms with van der Waals surface area (Å²) in [6.07, 6.45) is 21.0. The Morgan fingerprint density at radius 1 is 0.186 bits per heavy atom. The predicted molar refractivity (Wildman–Crippen MR) is 421 cm³/mol. The van der Waals surface area contributed by atoms with Gasteiger partial charge in [-0.1, -0.05) is 182 Å². The van der Waals surface area contributed by atoms with E-state index >= 15 is 0 Å². The Morgan fingerprint density at radius 2 is 0.314 bits per heavy atom. The van der Waals surface area contributed by atoms with Crippen molar-refractivity contribution in [1.29, 1.82) is 0 Å². The molecule has 18 aromatic rings. The summed E-state index contributed by atoms with van der Waals surface area (Å²) in [5, 5.41) is 7.31. The zero-order valence-corrected chi connectivity index (χ0v) is 62.1. The van der Waals surface area contributed by atoms with Crippen LogP contribution in [0.2, 0.25) is 0 Å². The molecule has 0 bridgehead atoms. The molecule has 12 nitrogen and oxygen atoms in total. The Hall–Kier alpha value is -10.6. The SMILES string of the molecule is Cc1c([P+](C)(c2[n-]c3ccccc3c2C)c2[n-]c3ccccc3c2C)[n-]c2ccccc12.Cc1c([P+](C)(c2[n-]c3ccccc3c2C)c2[n-]c3ccccc3c2C)[n-]c2ccccc12.[Fe+2].[Fe+2].c1ccncc1.c1ccncc1.c1ccncc1.c1ccncc1.c1ccncc1.c1ccncc1. The van der Waals surface area contributed by atoms with Crippen LogP contribution in [0.4, 0.5) is 0 Å². The first kappa shape index (κ1) is 75.6. The number of nitrogens with zero attached hydrogens (tertiary/aromatic N) is 12. The molecule has 6 aromatic carbocycles. The summed E-state index contributed by atoms with van der Waals surface area (Å²) in [5.74, 6) is 0. The van der Waals surface area contributed by atoms with Crippen LogP contribution in [0.15, 0.2) is 329 Å². The number of hydrogen-bond donors (Lipinski definition) is 0. The molecule has 0 N–H and O–H groups in total.